The van der Waals surface area contributed by atoms with Crippen molar-refractivity contribution in [2.75, 3.05) is 12.4 Å². The number of rotatable bonds is 8. The van der Waals surface area contributed by atoms with Gasteiger partial charge < -0.3 is 15.8 Å². The summed E-state index contributed by atoms with van der Waals surface area (Å²) in [6, 6.07) is 6.55. The number of sulfone groups is 1. The SMILES string of the molecule is CC(=O)OCC(=O)N[C@@H](CCS(=O)(=O)c1ccccc1)C(N)=O. The lowest BCUT2D eigenvalue weighted by Gasteiger charge is -2.15. The molecule has 0 aliphatic carbocycles. The second kappa shape index (κ2) is 8.28. The lowest BCUT2D eigenvalue weighted by atomic mass is 10.2. The highest BCUT2D eigenvalue weighted by Gasteiger charge is 2.23. The number of primary amides is 1. The summed E-state index contributed by atoms with van der Waals surface area (Å²) in [5.41, 5.74) is 5.15. The highest BCUT2D eigenvalue weighted by atomic mass is 32.2. The molecule has 3 N–H and O–H groups in total. The fourth-order valence-electron chi connectivity index (χ4n) is 1.71. The van der Waals surface area contributed by atoms with Gasteiger partial charge in [-0.05, 0) is 18.6 Å². The monoisotopic (exact) mass is 342 g/mol. The predicted octanol–water partition coefficient (Wildman–Crippen LogP) is -0.616. The summed E-state index contributed by atoms with van der Waals surface area (Å²) in [5, 5.41) is 2.24. The van der Waals surface area contributed by atoms with Crippen LogP contribution in [0.5, 0.6) is 0 Å². The molecule has 0 aliphatic rings. The maximum Gasteiger partial charge on any atom is 0.303 e. The number of hydrogen-bond acceptors (Lipinski definition) is 6. The normalized spacial score (nSPS) is 12.2. The van der Waals surface area contributed by atoms with Crippen molar-refractivity contribution in [1.82, 2.24) is 5.32 Å². The molecule has 1 aromatic rings. The summed E-state index contributed by atoms with van der Waals surface area (Å²) in [7, 11) is -3.59. The summed E-state index contributed by atoms with van der Waals surface area (Å²) in [6.45, 7) is 0.565. The van der Waals surface area contributed by atoms with E-state index in [1.165, 1.54) is 12.1 Å². The third kappa shape index (κ3) is 6.47. The van der Waals surface area contributed by atoms with E-state index < -0.39 is 40.3 Å². The zero-order valence-electron chi connectivity index (χ0n) is 12.5. The van der Waals surface area contributed by atoms with Crippen LogP contribution in [0.2, 0.25) is 0 Å². The maximum atomic E-state index is 12.1. The van der Waals surface area contributed by atoms with Gasteiger partial charge in [0.15, 0.2) is 16.4 Å². The van der Waals surface area contributed by atoms with Crippen molar-refractivity contribution in [3.05, 3.63) is 30.3 Å². The largest absolute Gasteiger partial charge is 0.456 e. The Balaban J connectivity index is 2.65. The Morgan fingerprint density at radius 2 is 1.83 bits per heavy atom. The van der Waals surface area contributed by atoms with Gasteiger partial charge in [0.05, 0.1) is 10.6 Å². The molecule has 1 aromatic carbocycles. The first kappa shape index (κ1) is 18.6. The van der Waals surface area contributed by atoms with Crippen LogP contribution in [0.1, 0.15) is 13.3 Å². The molecule has 8 nitrogen and oxygen atoms in total. The van der Waals surface area contributed by atoms with Gasteiger partial charge in [-0.15, -0.1) is 0 Å². The van der Waals surface area contributed by atoms with Crippen molar-refractivity contribution in [1.29, 1.82) is 0 Å². The molecule has 0 aliphatic heterocycles. The van der Waals surface area contributed by atoms with E-state index in [0.717, 1.165) is 6.92 Å². The Bertz CT molecular complexity index is 672. The van der Waals surface area contributed by atoms with Crippen molar-refractivity contribution < 1.29 is 27.5 Å². The molecule has 1 rings (SSSR count). The Morgan fingerprint density at radius 1 is 1.22 bits per heavy atom. The molecule has 2 amide bonds. The second-order valence-corrected chi connectivity index (χ2v) is 6.83. The molecule has 126 valence electrons. The lowest BCUT2D eigenvalue weighted by molar-refractivity contribution is -0.146. The van der Waals surface area contributed by atoms with Crippen molar-refractivity contribution in [3.63, 3.8) is 0 Å². The van der Waals surface area contributed by atoms with Gasteiger partial charge in [0.2, 0.25) is 5.91 Å². The molecule has 0 saturated carbocycles. The van der Waals surface area contributed by atoms with Crippen LogP contribution in [0, 0.1) is 0 Å². The zero-order valence-corrected chi connectivity index (χ0v) is 13.3. The average Bonchev–Trinajstić information content (AvgIpc) is 2.50. The summed E-state index contributed by atoms with van der Waals surface area (Å²) in [5.74, 6) is -2.62. The van der Waals surface area contributed by atoms with Crippen LogP contribution in [0.25, 0.3) is 0 Å². The molecule has 0 unspecified atom stereocenters. The van der Waals surface area contributed by atoms with E-state index in [9.17, 15) is 22.8 Å². The fourth-order valence-corrected chi connectivity index (χ4v) is 3.06. The van der Waals surface area contributed by atoms with Crippen molar-refractivity contribution in [2.24, 2.45) is 5.73 Å². The van der Waals surface area contributed by atoms with Crippen LogP contribution in [0.15, 0.2) is 35.2 Å². The van der Waals surface area contributed by atoms with E-state index in [-0.39, 0.29) is 17.1 Å². The minimum atomic E-state index is -3.59. The minimum absolute atomic E-state index is 0.120. The number of nitrogens with two attached hydrogens (primary N) is 1. The Hall–Kier alpha value is -2.42. The first-order chi connectivity index (χ1) is 10.7. The number of amides is 2. The van der Waals surface area contributed by atoms with Gasteiger partial charge in [-0.1, -0.05) is 18.2 Å². The molecular formula is C14H18N2O6S. The number of carbonyl (C=O) groups excluding carboxylic acids is 3. The van der Waals surface area contributed by atoms with Gasteiger partial charge in [-0.25, -0.2) is 8.42 Å². The van der Waals surface area contributed by atoms with Crippen molar-refractivity contribution in [2.45, 2.75) is 24.3 Å². The van der Waals surface area contributed by atoms with Crippen LogP contribution in [0.4, 0.5) is 0 Å². The van der Waals surface area contributed by atoms with E-state index in [2.05, 4.69) is 10.1 Å². The van der Waals surface area contributed by atoms with Gasteiger partial charge in [-0.3, -0.25) is 14.4 Å². The van der Waals surface area contributed by atoms with Gasteiger partial charge in [0, 0.05) is 6.92 Å². The molecule has 0 heterocycles. The van der Waals surface area contributed by atoms with Crippen molar-refractivity contribution in [3.8, 4) is 0 Å². The van der Waals surface area contributed by atoms with Crippen LogP contribution < -0.4 is 11.1 Å². The van der Waals surface area contributed by atoms with Gasteiger partial charge in [0.25, 0.3) is 5.91 Å². The van der Waals surface area contributed by atoms with Crippen LogP contribution in [-0.2, 0) is 29.0 Å². The number of ether oxygens (including phenoxy) is 1. The van der Waals surface area contributed by atoms with Crippen LogP contribution >= 0.6 is 0 Å². The zero-order chi connectivity index (χ0) is 17.5. The third-order valence-electron chi connectivity index (χ3n) is 2.86. The smallest absolute Gasteiger partial charge is 0.303 e. The Kier molecular flexibility index (Phi) is 6.70. The van der Waals surface area contributed by atoms with E-state index in [0.29, 0.717) is 0 Å². The number of nitrogens with one attached hydrogen (secondary N) is 1. The summed E-state index contributed by atoms with van der Waals surface area (Å²) in [4.78, 5) is 33.6. The van der Waals surface area contributed by atoms with E-state index in [1.54, 1.807) is 18.2 Å². The number of benzene rings is 1. The summed E-state index contributed by atoms with van der Waals surface area (Å²) < 4.78 is 28.7. The summed E-state index contributed by atoms with van der Waals surface area (Å²) >= 11 is 0. The number of esters is 1. The quantitative estimate of drug-likeness (QED) is 0.605. The van der Waals surface area contributed by atoms with Gasteiger partial charge in [-0.2, -0.15) is 0 Å². The van der Waals surface area contributed by atoms with Crippen LogP contribution in [0.3, 0.4) is 0 Å². The van der Waals surface area contributed by atoms with Gasteiger partial charge in [0.1, 0.15) is 6.04 Å². The molecule has 0 radical (unpaired) electrons. The first-order valence-electron chi connectivity index (χ1n) is 6.72. The predicted molar refractivity (Wildman–Crippen MR) is 80.9 cm³/mol. The van der Waals surface area contributed by atoms with E-state index >= 15 is 0 Å². The van der Waals surface area contributed by atoms with E-state index in [4.69, 9.17) is 5.73 Å². The molecule has 0 aromatic heterocycles. The second-order valence-electron chi connectivity index (χ2n) is 4.72. The number of hydrogen-bond donors (Lipinski definition) is 2. The molecule has 23 heavy (non-hydrogen) atoms. The first-order valence-corrected chi connectivity index (χ1v) is 8.37. The van der Waals surface area contributed by atoms with E-state index in [1.807, 2.05) is 0 Å². The minimum Gasteiger partial charge on any atom is -0.456 e. The molecule has 0 bridgehead atoms. The maximum absolute atomic E-state index is 12.1. The number of carbonyl (C=O) groups is 3. The average molecular weight is 342 g/mol. The molecule has 1 atom stereocenters. The fraction of sp³-hybridized carbons (Fsp3) is 0.357. The topological polar surface area (TPSA) is 133 Å². The lowest BCUT2D eigenvalue weighted by Crippen LogP contribution is -2.46. The highest BCUT2D eigenvalue weighted by Crippen LogP contribution is 2.12. The molecular weight excluding hydrogens is 324 g/mol. The highest BCUT2D eigenvalue weighted by molar-refractivity contribution is 7.91. The molecule has 9 heteroatoms. The molecule has 0 spiro atoms. The Labute approximate surface area is 133 Å². The molecule has 0 fully saturated rings. The summed E-state index contributed by atoms with van der Waals surface area (Å²) in [6.07, 6.45) is -0.182. The van der Waals surface area contributed by atoms with Gasteiger partial charge >= 0.3 is 5.97 Å². The third-order valence-corrected chi connectivity index (χ3v) is 4.63. The standard InChI is InChI=1S/C14H18N2O6S/c1-10(17)22-9-13(18)16-12(14(15)19)7-8-23(20,21)11-5-3-2-4-6-11/h2-6,12H,7-9H2,1H3,(H2,15,19)(H,16,18)/t12-/m0/s1. The Morgan fingerprint density at radius 3 is 2.35 bits per heavy atom. The van der Waals surface area contributed by atoms with Crippen molar-refractivity contribution >= 4 is 27.6 Å². The van der Waals surface area contributed by atoms with Crippen LogP contribution in [-0.4, -0.2) is 44.6 Å². The molecule has 0 saturated heterocycles.